The molecule has 0 aliphatic carbocycles. The summed E-state index contributed by atoms with van der Waals surface area (Å²) in [6.07, 6.45) is 4.61. The highest BCUT2D eigenvalue weighted by atomic mass is 16.2. The molecule has 0 spiro atoms. The van der Waals surface area contributed by atoms with E-state index < -0.39 is 0 Å². The lowest BCUT2D eigenvalue weighted by atomic mass is 9.93. The monoisotopic (exact) mass is 409 g/mol. The molecule has 6 heteroatoms. The number of carbonyl (C=O) groups excluding carboxylic acids is 1. The summed E-state index contributed by atoms with van der Waals surface area (Å²) in [5.74, 6) is 1.96. The van der Waals surface area contributed by atoms with Gasteiger partial charge in [-0.3, -0.25) is 4.79 Å². The van der Waals surface area contributed by atoms with Crippen molar-refractivity contribution in [2.24, 2.45) is 11.8 Å². The summed E-state index contributed by atoms with van der Waals surface area (Å²) in [5.41, 5.74) is 2.61. The number of rotatable bonds is 8. The van der Waals surface area contributed by atoms with E-state index in [1.54, 1.807) is 12.4 Å². The van der Waals surface area contributed by atoms with Crippen molar-refractivity contribution in [3.63, 3.8) is 0 Å². The number of piperazine rings is 1. The number of aromatic nitrogens is 2. The Morgan fingerprint density at radius 2 is 1.63 bits per heavy atom. The number of anilines is 1. The summed E-state index contributed by atoms with van der Waals surface area (Å²) < 4.78 is 0. The molecule has 6 nitrogen and oxygen atoms in total. The van der Waals surface area contributed by atoms with E-state index in [0.29, 0.717) is 31.5 Å². The molecule has 3 rings (SSSR count). The highest BCUT2D eigenvalue weighted by Crippen LogP contribution is 2.23. The second kappa shape index (κ2) is 10.5. The van der Waals surface area contributed by atoms with Crippen LogP contribution < -0.4 is 10.2 Å². The van der Waals surface area contributed by atoms with Crippen molar-refractivity contribution >= 4 is 11.9 Å². The van der Waals surface area contributed by atoms with Crippen LogP contribution in [0, 0.1) is 11.8 Å². The molecule has 0 bridgehead atoms. The Kier molecular flexibility index (Phi) is 7.80. The summed E-state index contributed by atoms with van der Waals surface area (Å²) in [7, 11) is 0. The molecular weight excluding hydrogens is 374 g/mol. The van der Waals surface area contributed by atoms with Crippen molar-refractivity contribution in [1.82, 2.24) is 20.2 Å². The standard InChI is InChI=1S/C24H35N5O/c1-18(2)16-20-6-8-21(9-7-20)23(19(3)4)27-17-22(30)28-12-14-29(15-13-28)24-25-10-5-11-26-24/h5-11,18-19,23,27H,12-17H2,1-4H3/t23-/m0/s1. The van der Waals surface area contributed by atoms with Gasteiger partial charge in [-0.05, 0) is 35.4 Å². The van der Waals surface area contributed by atoms with Crippen LogP contribution >= 0.6 is 0 Å². The normalized spacial score (nSPS) is 15.7. The van der Waals surface area contributed by atoms with Crippen LogP contribution in [0.4, 0.5) is 5.95 Å². The van der Waals surface area contributed by atoms with Gasteiger partial charge in [0.1, 0.15) is 0 Å². The predicted octanol–water partition coefficient (Wildman–Crippen LogP) is 3.31. The second-order valence-electron chi connectivity index (χ2n) is 8.86. The number of nitrogens with one attached hydrogen (secondary N) is 1. The first-order chi connectivity index (χ1) is 14.4. The zero-order chi connectivity index (χ0) is 21.5. The van der Waals surface area contributed by atoms with Crippen LogP contribution in [0.5, 0.6) is 0 Å². The Balaban J connectivity index is 1.52. The fourth-order valence-electron chi connectivity index (χ4n) is 3.99. The van der Waals surface area contributed by atoms with Crippen LogP contribution in [0.15, 0.2) is 42.7 Å². The van der Waals surface area contributed by atoms with E-state index in [2.05, 4.69) is 72.1 Å². The number of carbonyl (C=O) groups is 1. The van der Waals surface area contributed by atoms with Gasteiger partial charge in [0.05, 0.1) is 6.54 Å². The molecule has 1 saturated heterocycles. The average molecular weight is 410 g/mol. The predicted molar refractivity (Wildman–Crippen MR) is 121 cm³/mol. The van der Waals surface area contributed by atoms with E-state index in [1.165, 1.54) is 11.1 Å². The molecule has 2 aromatic rings. The lowest BCUT2D eigenvalue weighted by Crippen LogP contribution is -2.51. The molecule has 0 saturated carbocycles. The first-order valence-corrected chi connectivity index (χ1v) is 11.1. The molecule has 1 aliphatic rings. The van der Waals surface area contributed by atoms with Crippen LogP contribution in [-0.4, -0.2) is 53.5 Å². The van der Waals surface area contributed by atoms with Gasteiger partial charge in [0.2, 0.25) is 11.9 Å². The summed E-state index contributed by atoms with van der Waals surface area (Å²) in [4.78, 5) is 25.5. The second-order valence-corrected chi connectivity index (χ2v) is 8.86. The maximum atomic E-state index is 12.8. The summed E-state index contributed by atoms with van der Waals surface area (Å²) in [5, 5.41) is 3.51. The molecule has 1 atom stereocenters. The lowest BCUT2D eigenvalue weighted by Gasteiger charge is -2.35. The van der Waals surface area contributed by atoms with E-state index in [4.69, 9.17) is 0 Å². The number of benzene rings is 1. The van der Waals surface area contributed by atoms with E-state index >= 15 is 0 Å². The zero-order valence-electron chi connectivity index (χ0n) is 18.7. The third-order valence-corrected chi connectivity index (χ3v) is 5.59. The minimum Gasteiger partial charge on any atom is -0.338 e. The fourth-order valence-corrected chi connectivity index (χ4v) is 3.99. The summed E-state index contributed by atoms with van der Waals surface area (Å²) >= 11 is 0. The van der Waals surface area contributed by atoms with Crippen molar-refractivity contribution in [2.75, 3.05) is 37.6 Å². The zero-order valence-corrected chi connectivity index (χ0v) is 18.7. The Hall–Kier alpha value is -2.47. The number of hydrogen-bond acceptors (Lipinski definition) is 5. The Morgan fingerprint density at radius 1 is 1.00 bits per heavy atom. The van der Waals surface area contributed by atoms with E-state index in [-0.39, 0.29) is 11.9 Å². The van der Waals surface area contributed by atoms with Crippen molar-refractivity contribution < 1.29 is 4.79 Å². The maximum absolute atomic E-state index is 12.8. The summed E-state index contributed by atoms with van der Waals surface area (Å²) in [6.45, 7) is 12.2. The Morgan fingerprint density at radius 3 is 2.20 bits per heavy atom. The Bertz CT molecular complexity index is 783. The van der Waals surface area contributed by atoms with Crippen molar-refractivity contribution in [2.45, 2.75) is 40.2 Å². The minimum absolute atomic E-state index is 0.158. The molecule has 0 radical (unpaired) electrons. The molecule has 1 N–H and O–H groups in total. The first kappa shape index (κ1) is 22.2. The largest absolute Gasteiger partial charge is 0.338 e. The quantitative estimate of drug-likeness (QED) is 0.725. The van der Waals surface area contributed by atoms with Crippen LogP contribution in [0.25, 0.3) is 0 Å². The molecule has 30 heavy (non-hydrogen) atoms. The van der Waals surface area contributed by atoms with E-state index in [9.17, 15) is 4.79 Å². The molecular formula is C24H35N5O. The molecule has 162 valence electrons. The lowest BCUT2D eigenvalue weighted by molar-refractivity contribution is -0.130. The van der Waals surface area contributed by atoms with Gasteiger partial charge in [0.25, 0.3) is 0 Å². The third-order valence-electron chi connectivity index (χ3n) is 5.59. The number of nitrogens with zero attached hydrogens (tertiary/aromatic N) is 4. The smallest absolute Gasteiger partial charge is 0.236 e. The van der Waals surface area contributed by atoms with Crippen LogP contribution in [-0.2, 0) is 11.2 Å². The van der Waals surface area contributed by atoms with Gasteiger partial charge < -0.3 is 15.1 Å². The molecule has 2 heterocycles. The number of hydrogen-bond donors (Lipinski definition) is 1. The van der Waals surface area contributed by atoms with Gasteiger partial charge in [-0.2, -0.15) is 0 Å². The van der Waals surface area contributed by atoms with Crippen molar-refractivity contribution in [3.05, 3.63) is 53.9 Å². The van der Waals surface area contributed by atoms with Gasteiger partial charge in [0, 0.05) is 44.6 Å². The van der Waals surface area contributed by atoms with E-state index in [1.807, 2.05) is 11.0 Å². The third kappa shape index (κ3) is 6.02. The van der Waals surface area contributed by atoms with E-state index in [0.717, 1.165) is 25.5 Å². The molecule has 1 amide bonds. The molecule has 0 unspecified atom stereocenters. The maximum Gasteiger partial charge on any atom is 0.236 e. The molecule has 1 aliphatic heterocycles. The minimum atomic E-state index is 0.158. The average Bonchev–Trinajstić information content (AvgIpc) is 2.75. The highest BCUT2D eigenvalue weighted by Gasteiger charge is 2.24. The van der Waals surface area contributed by atoms with Crippen molar-refractivity contribution in [1.29, 1.82) is 0 Å². The van der Waals surface area contributed by atoms with Crippen LogP contribution in [0.3, 0.4) is 0 Å². The number of amides is 1. The Labute approximate surface area is 180 Å². The van der Waals surface area contributed by atoms with Crippen molar-refractivity contribution in [3.8, 4) is 0 Å². The van der Waals surface area contributed by atoms with Crippen LogP contribution in [0.2, 0.25) is 0 Å². The molecule has 1 aromatic heterocycles. The molecule has 1 fully saturated rings. The van der Waals surface area contributed by atoms with Gasteiger partial charge in [0.15, 0.2) is 0 Å². The highest BCUT2D eigenvalue weighted by molar-refractivity contribution is 5.78. The topological polar surface area (TPSA) is 61.4 Å². The fraction of sp³-hybridized carbons (Fsp3) is 0.542. The SMILES string of the molecule is CC(C)Cc1ccc([C@@H](NCC(=O)N2CCN(c3ncccn3)CC2)C(C)C)cc1. The summed E-state index contributed by atoms with van der Waals surface area (Å²) in [6, 6.07) is 10.8. The van der Waals surface area contributed by atoms with Gasteiger partial charge in [-0.15, -0.1) is 0 Å². The molecule has 1 aromatic carbocycles. The van der Waals surface area contributed by atoms with Gasteiger partial charge >= 0.3 is 0 Å². The first-order valence-electron chi connectivity index (χ1n) is 11.1. The van der Waals surface area contributed by atoms with Crippen LogP contribution in [0.1, 0.15) is 44.9 Å². The van der Waals surface area contributed by atoms with Gasteiger partial charge in [-0.25, -0.2) is 9.97 Å². The van der Waals surface area contributed by atoms with Gasteiger partial charge in [-0.1, -0.05) is 52.0 Å².